The van der Waals surface area contributed by atoms with Crippen molar-refractivity contribution in [2.75, 3.05) is 7.11 Å². The van der Waals surface area contributed by atoms with Crippen LogP contribution in [-0.4, -0.2) is 36.2 Å². The molecule has 0 N–H and O–H groups in total. The average molecular weight is 291 g/mol. The molecule has 3 rings (SSSR count). The summed E-state index contributed by atoms with van der Waals surface area (Å²) in [6.07, 6.45) is 5.89. The highest BCUT2D eigenvalue weighted by atomic mass is 16.6. The normalized spacial score (nSPS) is 33.8. The zero-order valence-corrected chi connectivity index (χ0v) is 12.6. The maximum Gasteiger partial charge on any atom is 0.416 e. The van der Waals surface area contributed by atoms with E-state index < -0.39 is 12.1 Å². The molecule has 2 fully saturated rings. The van der Waals surface area contributed by atoms with E-state index in [0.29, 0.717) is 12.2 Å². The monoisotopic (exact) mass is 291 g/mol. The molecule has 21 heavy (non-hydrogen) atoms. The summed E-state index contributed by atoms with van der Waals surface area (Å²) in [5.74, 6) is 0.366. The van der Waals surface area contributed by atoms with E-state index in [4.69, 9.17) is 9.47 Å². The van der Waals surface area contributed by atoms with Crippen LogP contribution in [-0.2, 0) is 14.3 Å². The molecule has 2 heterocycles. The highest BCUT2D eigenvalue weighted by Crippen LogP contribution is 2.58. The Hall–Kier alpha value is -1.78. The Morgan fingerprint density at radius 2 is 2.38 bits per heavy atom. The number of allylic oxidation sites excluding steroid dienone is 2. The Bertz CT molecular complexity index is 538. The minimum atomic E-state index is -0.527. The van der Waals surface area contributed by atoms with Crippen LogP contribution in [0.5, 0.6) is 0 Å². The van der Waals surface area contributed by atoms with E-state index >= 15 is 0 Å². The predicted molar refractivity (Wildman–Crippen MR) is 76.3 cm³/mol. The van der Waals surface area contributed by atoms with Gasteiger partial charge in [0.25, 0.3) is 0 Å². The van der Waals surface area contributed by atoms with Crippen molar-refractivity contribution in [2.45, 2.75) is 51.1 Å². The van der Waals surface area contributed by atoms with Crippen molar-refractivity contribution in [3.05, 3.63) is 24.0 Å². The van der Waals surface area contributed by atoms with Crippen molar-refractivity contribution in [1.29, 1.82) is 0 Å². The highest BCUT2D eigenvalue weighted by Gasteiger charge is 2.62. The van der Waals surface area contributed by atoms with E-state index in [2.05, 4.69) is 6.58 Å². The lowest BCUT2D eigenvalue weighted by molar-refractivity contribution is -0.145. The van der Waals surface area contributed by atoms with E-state index in [1.807, 2.05) is 13.0 Å². The van der Waals surface area contributed by atoms with Gasteiger partial charge in [0, 0.05) is 0 Å². The number of ether oxygens (including phenoxy) is 2. The lowest BCUT2D eigenvalue weighted by Gasteiger charge is -2.36. The molecule has 0 unspecified atom stereocenters. The van der Waals surface area contributed by atoms with Crippen molar-refractivity contribution in [2.24, 2.45) is 5.41 Å². The Morgan fingerprint density at radius 3 is 3.05 bits per heavy atom. The standard InChI is InChI=1S/C16H21NO4/c1-4-5-7-16-8-6-11-10(2)21-15(19)17(13(11)16)12(9-16)14(18)20-3/h4,12-13H,1,5-9H2,2-3H3/t12-,13+,16+/m0/s1. The summed E-state index contributed by atoms with van der Waals surface area (Å²) in [6, 6.07) is -0.538. The molecule has 0 aromatic heterocycles. The summed E-state index contributed by atoms with van der Waals surface area (Å²) in [5, 5.41) is 0. The first-order valence-corrected chi connectivity index (χ1v) is 7.42. The Kier molecular flexibility index (Phi) is 3.30. The van der Waals surface area contributed by atoms with Crippen LogP contribution in [0, 0.1) is 5.41 Å². The molecule has 5 heteroatoms. The third-order valence-electron chi connectivity index (χ3n) is 5.24. The largest absolute Gasteiger partial charge is 0.467 e. The van der Waals surface area contributed by atoms with Gasteiger partial charge in [0.1, 0.15) is 11.8 Å². The molecule has 0 bridgehead atoms. The van der Waals surface area contributed by atoms with Crippen LogP contribution < -0.4 is 0 Å². The maximum atomic E-state index is 12.3. The number of hydrogen-bond donors (Lipinski definition) is 0. The summed E-state index contributed by atoms with van der Waals surface area (Å²) in [5.41, 5.74) is 1.13. The smallest absolute Gasteiger partial charge is 0.416 e. The number of cyclic esters (lactones) is 1. The zero-order valence-electron chi connectivity index (χ0n) is 12.6. The third-order valence-corrected chi connectivity index (χ3v) is 5.24. The van der Waals surface area contributed by atoms with E-state index in [1.54, 1.807) is 4.90 Å². The van der Waals surface area contributed by atoms with E-state index in [-0.39, 0.29) is 17.4 Å². The van der Waals surface area contributed by atoms with Crippen LogP contribution in [0.15, 0.2) is 24.0 Å². The number of methoxy groups -OCH3 is 1. The van der Waals surface area contributed by atoms with Gasteiger partial charge < -0.3 is 9.47 Å². The van der Waals surface area contributed by atoms with E-state index in [1.165, 1.54) is 12.7 Å². The minimum Gasteiger partial charge on any atom is -0.467 e. The van der Waals surface area contributed by atoms with Gasteiger partial charge in [0.05, 0.1) is 13.2 Å². The first-order chi connectivity index (χ1) is 10.0. The van der Waals surface area contributed by atoms with Crippen molar-refractivity contribution in [3.63, 3.8) is 0 Å². The first kappa shape index (κ1) is 14.2. The number of hydrogen-bond acceptors (Lipinski definition) is 4. The highest BCUT2D eigenvalue weighted by molar-refractivity contribution is 5.84. The van der Waals surface area contributed by atoms with Crippen LogP contribution >= 0.6 is 0 Å². The fourth-order valence-electron chi connectivity index (χ4n) is 4.30. The third kappa shape index (κ3) is 1.90. The molecule has 2 aliphatic heterocycles. The predicted octanol–water partition coefficient (Wildman–Crippen LogP) is 2.77. The summed E-state index contributed by atoms with van der Waals surface area (Å²) >= 11 is 0. The molecule has 5 nitrogen and oxygen atoms in total. The van der Waals surface area contributed by atoms with Crippen LogP contribution in [0.25, 0.3) is 0 Å². The second-order valence-corrected chi connectivity index (χ2v) is 6.19. The van der Waals surface area contributed by atoms with Crippen molar-refractivity contribution < 1.29 is 19.1 Å². The number of esters is 1. The van der Waals surface area contributed by atoms with Crippen molar-refractivity contribution in [3.8, 4) is 0 Å². The molecule has 1 aliphatic carbocycles. The Labute approximate surface area is 124 Å². The molecule has 1 saturated heterocycles. The molecule has 0 radical (unpaired) electrons. The van der Waals surface area contributed by atoms with E-state index in [9.17, 15) is 9.59 Å². The van der Waals surface area contributed by atoms with Gasteiger partial charge in [-0.25, -0.2) is 9.59 Å². The molecule has 1 saturated carbocycles. The number of carbonyl (C=O) groups is 2. The fourth-order valence-corrected chi connectivity index (χ4v) is 4.30. The molecule has 0 aromatic rings. The molecule has 3 atom stereocenters. The molecular formula is C16H21NO4. The average Bonchev–Trinajstić information content (AvgIpc) is 2.98. The van der Waals surface area contributed by atoms with Gasteiger partial charge in [-0.05, 0) is 50.0 Å². The Morgan fingerprint density at radius 1 is 1.62 bits per heavy atom. The summed E-state index contributed by atoms with van der Waals surface area (Å²) in [4.78, 5) is 26.0. The van der Waals surface area contributed by atoms with Crippen LogP contribution in [0.2, 0.25) is 0 Å². The molecule has 0 spiro atoms. The molecular weight excluding hydrogens is 270 g/mol. The SMILES string of the molecule is C=CCC[C@@]12CCC3=C(C)OC(=O)N([C@H](C(=O)OC)C1)[C@H]32. The summed E-state index contributed by atoms with van der Waals surface area (Å²) < 4.78 is 10.2. The minimum absolute atomic E-state index is 0.0113. The molecule has 1 amide bonds. The number of amides is 1. The van der Waals surface area contributed by atoms with E-state index in [0.717, 1.165) is 25.7 Å². The summed E-state index contributed by atoms with van der Waals surface area (Å²) in [7, 11) is 1.37. The second-order valence-electron chi connectivity index (χ2n) is 6.19. The van der Waals surface area contributed by atoms with Gasteiger partial charge in [-0.15, -0.1) is 6.58 Å². The lowest BCUT2D eigenvalue weighted by Crippen LogP contribution is -2.49. The first-order valence-electron chi connectivity index (χ1n) is 7.42. The van der Waals surface area contributed by atoms with Crippen molar-refractivity contribution >= 4 is 12.1 Å². The molecule has 114 valence electrons. The van der Waals surface area contributed by atoms with Gasteiger partial charge in [-0.1, -0.05) is 6.08 Å². The number of rotatable bonds is 4. The zero-order chi connectivity index (χ0) is 15.2. The van der Waals surface area contributed by atoms with Crippen molar-refractivity contribution in [1.82, 2.24) is 4.90 Å². The lowest BCUT2D eigenvalue weighted by atomic mass is 9.76. The molecule has 3 aliphatic rings. The van der Waals surface area contributed by atoms with Gasteiger partial charge in [-0.2, -0.15) is 0 Å². The van der Waals surface area contributed by atoms with Gasteiger partial charge in [0.15, 0.2) is 0 Å². The summed E-state index contributed by atoms with van der Waals surface area (Å²) in [6.45, 7) is 5.64. The van der Waals surface area contributed by atoms with Crippen LogP contribution in [0.4, 0.5) is 4.79 Å². The van der Waals surface area contributed by atoms with Gasteiger partial charge >= 0.3 is 12.1 Å². The second kappa shape index (κ2) is 4.90. The van der Waals surface area contributed by atoms with Crippen LogP contribution in [0.1, 0.15) is 39.0 Å². The molecule has 0 aromatic carbocycles. The fraction of sp³-hybridized carbons (Fsp3) is 0.625. The van der Waals surface area contributed by atoms with Crippen LogP contribution in [0.3, 0.4) is 0 Å². The topological polar surface area (TPSA) is 55.8 Å². The van der Waals surface area contributed by atoms with Gasteiger partial charge in [0.2, 0.25) is 0 Å². The van der Waals surface area contributed by atoms with Gasteiger partial charge in [-0.3, -0.25) is 4.90 Å². The number of nitrogens with zero attached hydrogens (tertiary/aromatic N) is 1. The maximum absolute atomic E-state index is 12.3. The Balaban J connectivity index is 2.03. The number of carbonyl (C=O) groups excluding carboxylic acids is 2. The quantitative estimate of drug-likeness (QED) is 0.590.